The highest BCUT2D eigenvalue weighted by Crippen LogP contribution is 2.26. The zero-order valence-electron chi connectivity index (χ0n) is 14.8. The van der Waals surface area contributed by atoms with Crippen molar-refractivity contribution in [2.45, 2.75) is 33.1 Å². The quantitative estimate of drug-likeness (QED) is 0.735. The maximum Gasteiger partial charge on any atom is 0.257 e. The molecule has 25 heavy (non-hydrogen) atoms. The Morgan fingerprint density at radius 1 is 1.12 bits per heavy atom. The lowest BCUT2D eigenvalue weighted by atomic mass is 9.97. The molecule has 5 heteroatoms. The summed E-state index contributed by atoms with van der Waals surface area (Å²) in [6.07, 6.45) is 1.03. The highest BCUT2D eigenvalue weighted by atomic mass is 32.1. The van der Waals surface area contributed by atoms with Crippen LogP contribution in [0.2, 0.25) is 0 Å². The molecule has 0 radical (unpaired) electrons. The van der Waals surface area contributed by atoms with Crippen molar-refractivity contribution in [2.24, 2.45) is 0 Å². The first-order valence-corrected chi connectivity index (χ1v) is 8.90. The number of carbonyl (C=O) groups excluding carboxylic acids is 1. The second kappa shape index (κ2) is 9.18. The molecule has 132 valence electrons. The van der Waals surface area contributed by atoms with E-state index in [-0.39, 0.29) is 11.0 Å². The van der Waals surface area contributed by atoms with Crippen LogP contribution in [-0.4, -0.2) is 17.6 Å². The average molecular weight is 356 g/mol. The zero-order valence-corrected chi connectivity index (χ0v) is 15.7. The number of anilines is 1. The number of ether oxygens (including phenoxy) is 1. The van der Waals surface area contributed by atoms with Gasteiger partial charge in [-0.3, -0.25) is 10.1 Å². The molecule has 2 aromatic carbocycles. The van der Waals surface area contributed by atoms with Crippen molar-refractivity contribution in [3.05, 3.63) is 59.7 Å². The van der Waals surface area contributed by atoms with Crippen molar-refractivity contribution >= 4 is 28.9 Å². The van der Waals surface area contributed by atoms with Gasteiger partial charge in [-0.25, -0.2) is 0 Å². The summed E-state index contributed by atoms with van der Waals surface area (Å²) in [5, 5.41) is 6.14. The van der Waals surface area contributed by atoms with Gasteiger partial charge in [0, 0.05) is 11.3 Å². The van der Waals surface area contributed by atoms with Crippen LogP contribution >= 0.6 is 12.2 Å². The molecule has 0 fully saturated rings. The van der Waals surface area contributed by atoms with Crippen LogP contribution in [0.5, 0.6) is 5.75 Å². The lowest BCUT2D eigenvalue weighted by Gasteiger charge is -2.17. The molecule has 1 atom stereocenters. The van der Waals surface area contributed by atoms with Gasteiger partial charge >= 0.3 is 0 Å². The standard InChI is InChI=1S/C20H24N2O2S/c1-4-14(3)17-8-6-7-9-18(17)21-20(25)22-19(23)15-10-12-16(13-11-15)24-5-2/h6-14H,4-5H2,1-3H3,(H2,21,22,23,25). The first-order valence-electron chi connectivity index (χ1n) is 8.49. The van der Waals surface area contributed by atoms with Crippen LogP contribution in [0.1, 0.15) is 49.0 Å². The van der Waals surface area contributed by atoms with E-state index in [1.807, 2.05) is 25.1 Å². The molecule has 0 aliphatic heterocycles. The third-order valence-corrected chi connectivity index (χ3v) is 4.21. The monoisotopic (exact) mass is 356 g/mol. The Balaban J connectivity index is 2.01. The van der Waals surface area contributed by atoms with Crippen LogP contribution in [0.4, 0.5) is 5.69 Å². The molecule has 0 saturated heterocycles. The molecule has 0 bridgehead atoms. The van der Waals surface area contributed by atoms with Gasteiger partial charge in [0.15, 0.2) is 5.11 Å². The molecule has 1 unspecified atom stereocenters. The minimum absolute atomic E-state index is 0.249. The Kier molecular flexibility index (Phi) is 6.95. The molecule has 0 aromatic heterocycles. The zero-order chi connectivity index (χ0) is 18.2. The van der Waals surface area contributed by atoms with Gasteiger partial charge in [0.2, 0.25) is 0 Å². The fraction of sp³-hybridized carbons (Fsp3) is 0.300. The maximum absolute atomic E-state index is 12.3. The van der Waals surface area contributed by atoms with E-state index in [9.17, 15) is 4.79 Å². The van der Waals surface area contributed by atoms with Crippen LogP contribution in [-0.2, 0) is 0 Å². The topological polar surface area (TPSA) is 50.4 Å². The van der Waals surface area contributed by atoms with E-state index in [1.54, 1.807) is 24.3 Å². The minimum atomic E-state index is -0.249. The number of amides is 1. The van der Waals surface area contributed by atoms with Crippen LogP contribution in [0.25, 0.3) is 0 Å². The van der Waals surface area contributed by atoms with E-state index in [0.29, 0.717) is 18.1 Å². The van der Waals surface area contributed by atoms with Gasteiger partial charge in [-0.2, -0.15) is 0 Å². The number of carbonyl (C=O) groups is 1. The summed E-state index contributed by atoms with van der Waals surface area (Å²) >= 11 is 5.29. The molecule has 2 rings (SSSR count). The van der Waals surface area contributed by atoms with Crippen LogP contribution in [0.3, 0.4) is 0 Å². The van der Waals surface area contributed by atoms with Gasteiger partial charge in [0.05, 0.1) is 6.61 Å². The number of para-hydroxylation sites is 1. The summed E-state index contributed by atoms with van der Waals surface area (Å²) in [5.41, 5.74) is 2.64. The highest BCUT2D eigenvalue weighted by molar-refractivity contribution is 7.80. The second-order valence-corrected chi connectivity index (χ2v) is 6.17. The number of rotatable bonds is 6. The molecule has 0 heterocycles. The summed E-state index contributed by atoms with van der Waals surface area (Å²) in [6, 6.07) is 15.0. The Morgan fingerprint density at radius 3 is 2.44 bits per heavy atom. The van der Waals surface area contributed by atoms with Gasteiger partial charge in [0.25, 0.3) is 5.91 Å². The smallest absolute Gasteiger partial charge is 0.257 e. The van der Waals surface area contributed by atoms with Crippen LogP contribution < -0.4 is 15.4 Å². The minimum Gasteiger partial charge on any atom is -0.494 e. The number of hydrogen-bond acceptors (Lipinski definition) is 3. The Bertz CT molecular complexity index is 729. The van der Waals surface area contributed by atoms with Crippen molar-refractivity contribution in [1.82, 2.24) is 5.32 Å². The number of hydrogen-bond donors (Lipinski definition) is 2. The third kappa shape index (κ3) is 5.29. The number of benzene rings is 2. The van der Waals surface area contributed by atoms with Gasteiger partial charge in [0.1, 0.15) is 5.75 Å². The lowest BCUT2D eigenvalue weighted by molar-refractivity contribution is 0.0977. The molecule has 1 amide bonds. The first-order chi connectivity index (χ1) is 12.0. The van der Waals surface area contributed by atoms with Crippen molar-refractivity contribution < 1.29 is 9.53 Å². The summed E-state index contributed by atoms with van der Waals surface area (Å²) < 4.78 is 5.38. The van der Waals surface area contributed by atoms with Crippen molar-refractivity contribution in [3.8, 4) is 5.75 Å². The van der Waals surface area contributed by atoms with Gasteiger partial charge in [-0.05, 0) is 67.4 Å². The van der Waals surface area contributed by atoms with E-state index >= 15 is 0 Å². The molecule has 2 N–H and O–H groups in total. The predicted octanol–water partition coefficient (Wildman–Crippen LogP) is 4.73. The molecular formula is C20H24N2O2S. The Labute approximate surface area is 154 Å². The Morgan fingerprint density at radius 2 is 1.80 bits per heavy atom. The summed E-state index contributed by atoms with van der Waals surface area (Å²) in [7, 11) is 0. The normalized spacial score (nSPS) is 11.5. The number of nitrogens with one attached hydrogen (secondary N) is 2. The SMILES string of the molecule is CCOc1ccc(C(=O)NC(=S)Nc2ccccc2C(C)CC)cc1. The first kappa shape index (κ1) is 18.9. The van der Waals surface area contributed by atoms with Crippen LogP contribution in [0, 0.1) is 0 Å². The van der Waals surface area contributed by atoms with E-state index < -0.39 is 0 Å². The Hall–Kier alpha value is -2.40. The average Bonchev–Trinajstić information content (AvgIpc) is 2.62. The fourth-order valence-corrected chi connectivity index (χ4v) is 2.66. The predicted molar refractivity (Wildman–Crippen MR) is 106 cm³/mol. The van der Waals surface area contributed by atoms with Gasteiger partial charge in [-0.15, -0.1) is 0 Å². The van der Waals surface area contributed by atoms with Gasteiger partial charge < -0.3 is 10.1 Å². The third-order valence-electron chi connectivity index (χ3n) is 4.01. The van der Waals surface area contributed by atoms with Crippen molar-refractivity contribution in [1.29, 1.82) is 0 Å². The van der Waals surface area contributed by atoms with E-state index in [1.165, 1.54) is 5.56 Å². The maximum atomic E-state index is 12.3. The van der Waals surface area contributed by atoms with Gasteiger partial charge in [-0.1, -0.05) is 32.0 Å². The number of thiocarbonyl (C=S) groups is 1. The molecule has 0 aliphatic rings. The molecule has 4 nitrogen and oxygen atoms in total. The van der Waals surface area contributed by atoms with E-state index in [0.717, 1.165) is 17.9 Å². The molecule has 2 aromatic rings. The lowest BCUT2D eigenvalue weighted by Crippen LogP contribution is -2.34. The highest BCUT2D eigenvalue weighted by Gasteiger charge is 2.12. The molecule has 0 saturated carbocycles. The van der Waals surface area contributed by atoms with E-state index in [2.05, 4.69) is 30.5 Å². The van der Waals surface area contributed by atoms with E-state index in [4.69, 9.17) is 17.0 Å². The molecule has 0 aliphatic carbocycles. The van der Waals surface area contributed by atoms with Crippen molar-refractivity contribution in [2.75, 3.05) is 11.9 Å². The van der Waals surface area contributed by atoms with Crippen LogP contribution in [0.15, 0.2) is 48.5 Å². The molecular weight excluding hydrogens is 332 g/mol. The molecule has 0 spiro atoms. The largest absolute Gasteiger partial charge is 0.494 e. The summed E-state index contributed by atoms with van der Waals surface area (Å²) in [5.74, 6) is 0.900. The fourth-order valence-electron chi connectivity index (χ4n) is 2.46. The van der Waals surface area contributed by atoms with Crippen molar-refractivity contribution in [3.63, 3.8) is 0 Å². The summed E-state index contributed by atoms with van der Waals surface area (Å²) in [6.45, 7) is 6.83. The second-order valence-electron chi connectivity index (χ2n) is 5.76. The summed E-state index contributed by atoms with van der Waals surface area (Å²) in [4.78, 5) is 12.3.